The molecule has 1 aromatic rings. The van der Waals surface area contributed by atoms with Gasteiger partial charge in [0.05, 0.1) is 0 Å². The van der Waals surface area contributed by atoms with Gasteiger partial charge in [0.1, 0.15) is 6.61 Å². The third-order valence-electron chi connectivity index (χ3n) is 3.69. The molecule has 0 aromatic heterocycles. The van der Waals surface area contributed by atoms with E-state index in [4.69, 9.17) is 4.74 Å². The van der Waals surface area contributed by atoms with Crippen molar-refractivity contribution in [3.8, 4) is 0 Å². The number of carbonyl (C=O) groups excluding carboxylic acids is 1. The van der Waals surface area contributed by atoms with Gasteiger partial charge in [-0.2, -0.15) is 0 Å². The number of ether oxygens (including phenoxy) is 1. The highest BCUT2D eigenvalue weighted by Gasteiger charge is 2.20. The molecule has 1 aliphatic rings. The smallest absolute Gasteiger partial charge is 0.414 e. The van der Waals surface area contributed by atoms with Crippen molar-refractivity contribution in [3.63, 3.8) is 0 Å². The van der Waals surface area contributed by atoms with E-state index in [1.54, 1.807) is 4.90 Å². The molecule has 0 unspecified atom stereocenters. The highest BCUT2D eigenvalue weighted by Crippen LogP contribution is 2.18. The van der Waals surface area contributed by atoms with Crippen LogP contribution in [0.2, 0.25) is 0 Å². The second kappa shape index (κ2) is 9.08. The summed E-state index contributed by atoms with van der Waals surface area (Å²) in [6, 6.07) is 9.78. The maximum absolute atomic E-state index is 12.3. The average Bonchev–Trinajstić information content (AvgIpc) is 2.58. The van der Waals surface area contributed by atoms with E-state index in [0.717, 1.165) is 37.1 Å². The van der Waals surface area contributed by atoms with Gasteiger partial charge in [-0.1, -0.05) is 62.2 Å². The molecular weight excluding hydrogens is 274 g/mol. The van der Waals surface area contributed by atoms with Gasteiger partial charge >= 0.3 is 6.09 Å². The first-order valence-corrected chi connectivity index (χ1v) is 8.16. The molecule has 0 radical (unpaired) electrons. The molecule has 22 heavy (non-hydrogen) atoms. The van der Waals surface area contributed by atoms with Crippen LogP contribution < -0.4 is 0 Å². The van der Waals surface area contributed by atoms with Crippen molar-refractivity contribution in [2.75, 3.05) is 6.54 Å². The maximum atomic E-state index is 12.3. The first-order valence-electron chi connectivity index (χ1n) is 8.16. The molecule has 0 fully saturated rings. The van der Waals surface area contributed by atoms with Crippen LogP contribution in [0, 0.1) is 0 Å². The van der Waals surface area contributed by atoms with Crippen molar-refractivity contribution < 1.29 is 9.53 Å². The average molecular weight is 299 g/mol. The van der Waals surface area contributed by atoms with Crippen LogP contribution in [-0.4, -0.2) is 17.5 Å². The summed E-state index contributed by atoms with van der Waals surface area (Å²) in [5.74, 6) is 0. The predicted octanol–water partition coefficient (Wildman–Crippen LogP) is 5.05. The largest absolute Gasteiger partial charge is 0.444 e. The van der Waals surface area contributed by atoms with Crippen molar-refractivity contribution in [1.29, 1.82) is 0 Å². The minimum atomic E-state index is -0.255. The number of nitrogens with zero attached hydrogens (tertiary/aromatic N) is 1. The normalized spacial score (nSPS) is 15.0. The van der Waals surface area contributed by atoms with Crippen LogP contribution in [0.15, 0.2) is 54.3 Å². The highest BCUT2D eigenvalue weighted by atomic mass is 16.6. The summed E-state index contributed by atoms with van der Waals surface area (Å²) in [4.78, 5) is 14.0. The van der Waals surface area contributed by atoms with E-state index in [0.29, 0.717) is 6.61 Å². The molecule has 0 bridgehead atoms. The molecule has 0 atom stereocenters. The minimum absolute atomic E-state index is 0.255. The maximum Gasteiger partial charge on any atom is 0.414 e. The van der Waals surface area contributed by atoms with Crippen LogP contribution in [-0.2, 0) is 11.3 Å². The zero-order valence-corrected chi connectivity index (χ0v) is 13.3. The molecule has 118 valence electrons. The van der Waals surface area contributed by atoms with E-state index in [2.05, 4.69) is 25.2 Å². The van der Waals surface area contributed by atoms with Gasteiger partial charge in [0, 0.05) is 12.2 Å². The molecule has 0 saturated carbocycles. The Morgan fingerprint density at radius 1 is 1.32 bits per heavy atom. The van der Waals surface area contributed by atoms with Crippen LogP contribution in [0.3, 0.4) is 0 Å². The van der Waals surface area contributed by atoms with Crippen LogP contribution in [0.5, 0.6) is 0 Å². The summed E-state index contributed by atoms with van der Waals surface area (Å²) in [5, 5.41) is 0. The van der Waals surface area contributed by atoms with E-state index in [-0.39, 0.29) is 6.09 Å². The van der Waals surface area contributed by atoms with Gasteiger partial charge in [0.15, 0.2) is 0 Å². The fourth-order valence-corrected chi connectivity index (χ4v) is 2.42. The Hall–Kier alpha value is -2.03. The fourth-order valence-electron chi connectivity index (χ4n) is 2.42. The number of benzene rings is 1. The summed E-state index contributed by atoms with van der Waals surface area (Å²) in [7, 11) is 0. The fraction of sp³-hybridized carbons (Fsp3) is 0.421. The van der Waals surface area contributed by atoms with Crippen molar-refractivity contribution in [2.45, 2.75) is 45.6 Å². The Balaban J connectivity index is 1.90. The zero-order chi connectivity index (χ0) is 15.6. The van der Waals surface area contributed by atoms with Crippen molar-refractivity contribution in [2.24, 2.45) is 0 Å². The van der Waals surface area contributed by atoms with Crippen LogP contribution in [0.1, 0.15) is 44.6 Å². The lowest BCUT2D eigenvalue weighted by Crippen LogP contribution is -2.33. The van der Waals surface area contributed by atoms with Crippen molar-refractivity contribution in [1.82, 2.24) is 4.90 Å². The van der Waals surface area contributed by atoms with E-state index in [1.165, 1.54) is 12.8 Å². The van der Waals surface area contributed by atoms with E-state index in [9.17, 15) is 4.79 Å². The summed E-state index contributed by atoms with van der Waals surface area (Å²) < 4.78 is 5.44. The topological polar surface area (TPSA) is 29.5 Å². The number of amides is 1. The lowest BCUT2D eigenvalue weighted by Gasteiger charge is -2.26. The molecule has 0 N–H and O–H groups in total. The number of rotatable bonds is 6. The molecule has 2 rings (SSSR count). The standard InChI is InChI=1S/C19H25NO2/c1-2-3-4-8-13-18-14-9-10-15-20(18)19(21)22-16-17-11-6-5-7-12-17/h5-8,11-14H,2-4,9-10,15-16H2,1H3/b13-8+. The Morgan fingerprint density at radius 3 is 2.91 bits per heavy atom. The van der Waals surface area contributed by atoms with Gasteiger partial charge in [0.2, 0.25) is 0 Å². The number of allylic oxidation sites excluding steroid dienone is 3. The summed E-state index contributed by atoms with van der Waals surface area (Å²) >= 11 is 0. The molecule has 1 aliphatic heterocycles. The van der Waals surface area contributed by atoms with Crippen molar-refractivity contribution in [3.05, 3.63) is 59.8 Å². The monoisotopic (exact) mass is 299 g/mol. The Kier molecular flexibility index (Phi) is 6.75. The lowest BCUT2D eigenvalue weighted by molar-refractivity contribution is 0.106. The molecule has 1 aromatic carbocycles. The van der Waals surface area contributed by atoms with Crippen LogP contribution in [0.4, 0.5) is 4.79 Å². The molecule has 0 spiro atoms. The molecule has 0 saturated heterocycles. The first-order chi connectivity index (χ1) is 10.8. The minimum Gasteiger partial charge on any atom is -0.444 e. The number of unbranched alkanes of at least 4 members (excludes halogenated alkanes) is 2. The first kappa shape index (κ1) is 16.3. The second-order valence-corrected chi connectivity index (χ2v) is 5.51. The van der Waals surface area contributed by atoms with E-state index >= 15 is 0 Å². The quantitative estimate of drug-likeness (QED) is 0.688. The van der Waals surface area contributed by atoms with Crippen LogP contribution >= 0.6 is 0 Å². The van der Waals surface area contributed by atoms with E-state index in [1.807, 2.05) is 30.3 Å². The number of carbonyl (C=O) groups is 1. The Labute approximate surface area is 133 Å². The summed E-state index contributed by atoms with van der Waals surface area (Å²) in [6.07, 6.45) is 11.5. The Bertz CT molecular complexity index is 519. The summed E-state index contributed by atoms with van der Waals surface area (Å²) in [5.41, 5.74) is 1.98. The number of hydrogen-bond donors (Lipinski definition) is 0. The zero-order valence-electron chi connectivity index (χ0n) is 13.3. The third-order valence-corrected chi connectivity index (χ3v) is 3.69. The molecule has 1 amide bonds. The van der Waals surface area contributed by atoms with Crippen LogP contribution in [0.25, 0.3) is 0 Å². The Morgan fingerprint density at radius 2 is 2.14 bits per heavy atom. The van der Waals surface area contributed by atoms with Gasteiger partial charge in [-0.25, -0.2) is 4.79 Å². The van der Waals surface area contributed by atoms with Gasteiger partial charge in [0.25, 0.3) is 0 Å². The summed E-state index contributed by atoms with van der Waals surface area (Å²) in [6.45, 7) is 3.24. The molecule has 3 nitrogen and oxygen atoms in total. The van der Waals surface area contributed by atoms with Crippen molar-refractivity contribution >= 4 is 6.09 Å². The third kappa shape index (κ3) is 5.06. The van der Waals surface area contributed by atoms with E-state index < -0.39 is 0 Å². The van der Waals surface area contributed by atoms with Gasteiger partial charge in [-0.05, 0) is 30.9 Å². The highest BCUT2D eigenvalue weighted by molar-refractivity contribution is 5.71. The lowest BCUT2D eigenvalue weighted by atomic mass is 10.1. The van der Waals surface area contributed by atoms with Gasteiger partial charge in [-0.3, -0.25) is 4.90 Å². The molecule has 0 aliphatic carbocycles. The van der Waals surface area contributed by atoms with Gasteiger partial charge < -0.3 is 4.74 Å². The van der Waals surface area contributed by atoms with Gasteiger partial charge in [-0.15, -0.1) is 0 Å². The molecule has 1 heterocycles. The predicted molar refractivity (Wildman–Crippen MR) is 89.3 cm³/mol. The molecular formula is C19H25NO2. The number of hydrogen-bond acceptors (Lipinski definition) is 2. The SMILES string of the molecule is CCCC/C=C/C1=CCCCN1C(=O)OCc1ccccc1. The second-order valence-electron chi connectivity index (χ2n) is 5.51. The molecule has 3 heteroatoms.